The molecule has 0 atom stereocenters. The molecule has 0 saturated heterocycles. The van der Waals surface area contributed by atoms with E-state index in [0.717, 1.165) is 16.5 Å². The number of carbonyl (C=O) groups is 1. The second kappa shape index (κ2) is 9.49. The number of fused-ring (bicyclic) bond motifs is 1. The number of thioether (sulfide) groups is 1. The highest BCUT2D eigenvalue weighted by molar-refractivity contribution is 9.10. The standard InChI is InChI=1S/C22H18BrFN4O2S/c1-28-20(12-30-19-8-4-6-14-5-2-3-7-16(14)19)26-27-22(28)31-13-21(29)25-18-10-9-15(23)11-17(18)24/h2-11H,12-13H2,1H3,(H,25,29). The third-order valence-electron chi connectivity index (χ3n) is 4.57. The Balaban J connectivity index is 1.36. The van der Waals surface area contributed by atoms with Crippen LogP contribution in [0.1, 0.15) is 5.82 Å². The highest BCUT2D eigenvalue weighted by Crippen LogP contribution is 2.26. The summed E-state index contributed by atoms with van der Waals surface area (Å²) in [5.41, 5.74) is 0.135. The lowest BCUT2D eigenvalue weighted by atomic mass is 10.1. The number of nitrogens with one attached hydrogen (secondary N) is 1. The smallest absolute Gasteiger partial charge is 0.234 e. The number of hydrogen-bond acceptors (Lipinski definition) is 5. The average Bonchev–Trinajstić information content (AvgIpc) is 3.12. The molecular formula is C22H18BrFN4O2S. The van der Waals surface area contributed by atoms with Gasteiger partial charge in [-0.3, -0.25) is 4.79 Å². The van der Waals surface area contributed by atoms with E-state index in [1.807, 2.05) is 49.5 Å². The van der Waals surface area contributed by atoms with Crippen molar-refractivity contribution in [3.63, 3.8) is 0 Å². The molecule has 6 nitrogen and oxygen atoms in total. The number of nitrogens with zero attached hydrogens (tertiary/aromatic N) is 3. The van der Waals surface area contributed by atoms with E-state index in [0.29, 0.717) is 15.5 Å². The second-order valence-corrected chi connectivity index (χ2v) is 8.54. The molecule has 1 N–H and O–H groups in total. The summed E-state index contributed by atoms with van der Waals surface area (Å²) in [6.45, 7) is 0.244. The first-order valence-electron chi connectivity index (χ1n) is 9.38. The van der Waals surface area contributed by atoms with Crippen molar-refractivity contribution in [1.82, 2.24) is 14.8 Å². The summed E-state index contributed by atoms with van der Waals surface area (Å²) >= 11 is 4.41. The van der Waals surface area contributed by atoms with Crippen LogP contribution in [0.3, 0.4) is 0 Å². The molecule has 1 aromatic heterocycles. The molecule has 9 heteroatoms. The zero-order valence-electron chi connectivity index (χ0n) is 16.5. The molecule has 0 aliphatic rings. The number of halogens is 2. The van der Waals surface area contributed by atoms with Gasteiger partial charge >= 0.3 is 0 Å². The van der Waals surface area contributed by atoms with Gasteiger partial charge in [0.05, 0.1) is 11.4 Å². The van der Waals surface area contributed by atoms with Crippen molar-refractivity contribution in [1.29, 1.82) is 0 Å². The van der Waals surface area contributed by atoms with Crippen LogP contribution in [0.4, 0.5) is 10.1 Å². The van der Waals surface area contributed by atoms with Crippen molar-refractivity contribution in [2.45, 2.75) is 11.8 Å². The van der Waals surface area contributed by atoms with E-state index >= 15 is 0 Å². The van der Waals surface area contributed by atoms with Crippen molar-refractivity contribution in [3.8, 4) is 5.75 Å². The van der Waals surface area contributed by atoms with Crippen molar-refractivity contribution >= 4 is 50.1 Å². The van der Waals surface area contributed by atoms with Gasteiger partial charge in [0, 0.05) is 16.9 Å². The quantitative estimate of drug-likeness (QED) is 0.354. The number of benzene rings is 3. The molecule has 0 spiro atoms. The Morgan fingerprint density at radius 2 is 1.97 bits per heavy atom. The summed E-state index contributed by atoms with van der Waals surface area (Å²) in [6, 6.07) is 18.4. The third kappa shape index (κ3) is 5.05. The molecule has 0 fully saturated rings. The molecule has 1 amide bonds. The van der Waals surface area contributed by atoms with Gasteiger partial charge < -0.3 is 14.6 Å². The van der Waals surface area contributed by atoms with Crippen LogP contribution < -0.4 is 10.1 Å². The van der Waals surface area contributed by atoms with Gasteiger partial charge in [-0.15, -0.1) is 10.2 Å². The number of hydrogen-bond donors (Lipinski definition) is 1. The first-order valence-corrected chi connectivity index (χ1v) is 11.2. The Bertz CT molecular complexity index is 1240. The van der Waals surface area contributed by atoms with Crippen LogP contribution >= 0.6 is 27.7 Å². The first-order chi connectivity index (χ1) is 15.0. The molecule has 1 heterocycles. The molecule has 0 unspecified atom stereocenters. The van der Waals surface area contributed by atoms with E-state index < -0.39 is 5.82 Å². The van der Waals surface area contributed by atoms with Gasteiger partial charge in [0.25, 0.3) is 0 Å². The molecule has 31 heavy (non-hydrogen) atoms. The van der Waals surface area contributed by atoms with Crippen LogP contribution in [0.5, 0.6) is 5.75 Å². The maximum absolute atomic E-state index is 13.9. The van der Waals surface area contributed by atoms with Crippen LogP contribution in [0.15, 0.2) is 70.3 Å². The topological polar surface area (TPSA) is 69.0 Å². The number of rotatable bonds is 7. The predicted molar refractivity (Wildman–Crippen MR) is 123 cm³/mol. The normalized spacial score (nSPS) is 10.9. The number of ether oxygens (including phenoxy) is 1. The lowest BCUT2D eigenvalue weighted by Crippen LogP contribution is -2.15. The van der Waals surface area contributed by atoms with E-state index in [1.54, 1.807) is 10.6 Å². The summed E-state index contributed by atoms with van der Waals surface area (Å²) in [5.74, 6) is 0.647. The molecule has 0 bridgehead atoms. The minimum absolute atomic E-state index is 0.0751. The van der Waals surface area contributed by atoms with Crippen molar-refractivity contribution < 1.29 is 13.9 Å². The van der Waals surface area contributed by atoms with Crippen molar-refractivity contribution in [2.24, 2.45) is 7.05 Å². The van der Waals surface area contributed by atoms with E-state index in [-0.39, 0.29) is 24.0 Å². The van der Waals surface area contributed by atoms with Gasteiger partial charge in [0.15, 0.2) is 11.0 Å². The molecule has 0 aliphatic heterocycles. The Morgan fingerprint density at radius 3 is 2.81 bits per heavy atom. The number of anilines is 1. The largest absolute Gasteiger partial charge is 0.485 e. The molecule has 0 radical (unpaired) electrons. The number of carbonyl (C=O) groups excluding carboxylic acids is 1. The van der Waals surface area contributed by atoms with Crippen LogP contribution in [-0.2, 0) is 18.4 Å². The molecule has 158 valence electrons. The molecule has 0 aliphatic carbocycles. The predicted octanol–water partition coefficient (Wildman–Crippen LogP) is 5.18. The van der Waals surface area contributed by atoms with Crippen LogP contribution in [0.2, 0.25) is 0 Å². The molecule has 3 aromatic carbocycles. The second-order valence-electron chi connectivity index (χ2n) is 6.68. The SMILES string of the molecule is Cn1c(COc2cccc3ccccc23)nnc1SCC(=O)Nc1ccc(Br)cc1F. The average molecular weight is 501 g/mol. The Kier molecular flexibility index (Phi) is 6.53. The highest BCUT2D eigenvalue weighted by Gasteiger charge is 2.14. The van der Waals surface area contributed by atoms with Gasteiger partial charge in [-0.25, -0.2) is 4.39 Å². The van der Waals surface area contributed by atoms with E-state index in [4.69, 9.17) is 4.74 Å². The Morgan fingerprint density at radius 1 is 1.16 bits per heavy atom. The van der Waals surface area contributed by atoms with Crippen molar-refractivity contribution in [3.05, 3.63) is 76.8 Å². The third-order valence-corrected chi connectivity index (χ3v) is 6.08. The zero-order chi connectivity index (χ0) is 21.8. The van der Waals surface area contributed by atoms with Crippen molar-refractivity contribution in [2.75, 3.05) is 11.1 Å². The van der Waals surface area contributed by atoms with E-state index in [9.17, 15) is 9.18 Å². The lowest BCUT2D eigenvalue weighted by Gasteiger charge is -2.09. The fraction of sp³-hybridized carbons (Fsp3) is 0.136. The van der Waals surface area contributed by atoms with Crippen LogP contribution in [-0.4, -0.2) is 26.4 Å². The number of amides is 1. The molecule has 0 saturated carbocycles. The Labute approximate surface area is 190 Å². The van der Waals surface area contributed by atoms with Gasteiger partial charge in [0.2, 0.25) is 5.91 Å². The molecule has 4 rings (SSSR count). The Hall–Kier alpha value is -2.91. The first kappa shape index (κ1) is 21.3. The van der Waals surface area contributed by atoms with E-state index in [1.165, 1.54) is 23.9 Å². The number of aromatic nitrogens is 3. The maximum Gasteiger partial charge on any atom is 0.234 e. The highest BCUT2D eigenvalue weighted by atomic mass is 79.9. The summed E-state index contributed by atoms with van der Waals surface area (Å²) in [7, 11) is 1.82. The summed E-state index contributed by atoms with van der Waals surface area (Å²) < 4.78 is 22.2. The van der Waals surface area contributed by atoms with Crippen LogP contribution in [0.25, 0.3) is 10.8 Å². The molecular weight excluding hydrogens is 483 g/mol. The fourth-order valence-corrected chi connectivity index (χ4v) is 4.03. The minimum atomic E-state index is -0.501. The zero-order valence-corrected chi connectivity index (χ0v) is 18.9. The summed E-state index contributed by atoms with van der Waals surface area (Å²) in [4.78, 5) is 12.2. The summed E-state index contributed by atoms with van der Waals surface area (Å²) in [6.07, 6.45) is 0. The maximum atomic E-state index is 13.9. The van der Waals surface area contributed by atoms with Crippen LogP contribution in [0, 0.1) is 5.82 Å². The van der Waals surface area contributed by atoms with Gasteiger partial charge in [-0.05, 0) is 29.7 Å². The lowest BCUT2D eigenvalue weighted by molar-refractivity contribution is -0.113. The monoisotopic (exact) mass is 500 g/mol. The molecule has 4 aromatic rings. The summed E-state index contributed by atoms with van der Waals surface area (Å²) in [5, 5.41) is 13.6. The van der Waals surface area contributed by atoms with Gasteiger partial charge in [-0.2, -0.15) is 0 Å². The van der Waals surface area contributed by atoms with Gasteiger partial charge in [0.1, 0.15) is 18.2 Å². The van der Waals surface area contributed by atoms with Gasteiger partial charge in [-0.1, -0.05) is 64.1 Å². The van der Waals surface area contributed by atoms with E-state index in [2.05, 4.69) is 31.4 Å². The fourth-order valence-electron chi connectivity index (χ4n) is 2.97. The minimum Gasteiger partial charge on any atom is -0.485 e.